The first-order chi connectivity index (χ1) is 8.54. The molecule has 0 amide bonds. The van der Waals surface area contributed by atoms with E-state index in [9.17, 15) is 26.3 Å². The lowest BCUT2D eigenvalue weighted by Gasteiger charge is -2.32. The molecule has 0 aliphatic carbocycles. The molecule has 0 unspecified atom stereocenters. The average molecular weight is 286 g/mol. The highest BCUT2D eigenvalue weighted by Crippen LogP contribution is 2.50. The first-order valence-electron chi connectivity index (χ1n) is 4.78. The van der Waals surface area contributed by atoms with E-state index in [2.05, 4.69) is 11.3 Å². The zero-order chi connectivity index (χ0) is 14.9. The van der Waals surface area contributed by atoms with Crippen LogP contribution in [0.2, 0.25) is 0 Å². The van der Waals surface area contributed by atoms with Crippen LogP contribution in [0.1, 0.15) is 5.56 Å². The van der Waals surface area contributed by atoms with Crippen LogP contribution < -0.4 is 4.74 Å². The van der Waals surface area contributed by atoms with Crippen molar-refractivity contribution >= 4 is 0 Å². The molecule has 1 rings (SSSR count). The van der Waals surface area contributed by atoms with E-state index in [1.54, 1.807) is 0 Å². The molecule has 1 aromatic rings. The third kappa shape index (κ3) is 2.67. The van der Waals surface area contributed by atoms with E-state index < -0.39 is 23.5 Å². The Balaban J connectivity index is 3.31. The van der Waals surface area contributed by atoms with Gasteiger partial charge in [-0.25, -0.2) is 0 Å². The average Bonchev–Trinajstić information content (AvgIpc) is 2.26. The fraction of sp³-hybridized carbons (Fsp3) is 0.273. The van der Waals surface area contributed by atoms with Gasteiger partial charge in [-0.15, -0.1) is 0 Å². The molecule has 0 atom stereocenters. The quantitative estimate of drug-likeness (QED) is 0.680. The number of hydrogen-bond donors (Lipinski definition) is 1. The van der Waals surface area contributed by atoms with Crippen LogP contribution >= 0.6 is 0 Å². The number of aliphatic hydroxyl groups is 1. The highest BCUT2D eigenvalue weighted by molar-refractivity contribution is 5.33. The molecule has 19 heavy (non-hydrogen) atoms. The van der Waals surface area contributed by atoms with Gasteiger partial charge >= 0.3 is 12.4 Å². The Morgan fingerprint density at radius 3 is 1.68 bits per heavy atom. The Hall–Kier alpha value is -1.70. The number of alkyl halides is 6. The van der Waals surface area contributed by atoms with Crippen molar-refractivity contribution in [1.82, 2.24) is 0 Å². The second-order valence-corrected chi connectivity index (χ2v) is 3.51. The minimum Gasteiger partial charge on any atom is -0.466 e. The number of ether oxygens (including phenoxy) is 1. The topological polar surface area (TPSA) is 29.5 Å². The minimum absolute atomic E-state index is 0.00884. The van der Waals surface area contributed by atoms with Crippen LogP contribution in [0.5, 0.6) is 5.75 Å². The molecule has 0 aliphatic heterocycles. The van der Waals surface area contributed by atoms with Crippen LogP contribution in [0.3, 0.4) is 0 Å². The lowest BCUT2D eigenvalue weighted by Crippen LogP contribution is -2.53. The van der Waals surface area contributed by atoms with E-state index in [4.69, 9.17) is 5.11 Å². The molecule has 0 fully saturated rings. The molecule has 106 valence electrons. The van der Waals surface area contributed by atoms with E-state index in [1.165, 1.54) is 0 Å². The van der Waals surface area contributed by atoms with Crippen LogP contribution in [0, 0.1) is 0 Å². The SMILES string of the molecule is C=COc1ccc(C(O)(C(F)(F)F)C(F)(F)F)cc1. The van der Waals surface area contributed by atoms with Crippen molar-refractivity contribution in [3.63, 3.8) is 0 Å². The van der Waals surface area contributed by atoms with Gasteiger partial charge in [0.05, 0.1) is 6.26 Å². The van der Waals surface area contributed by atoms with Gasteiger partial charge in [-0.1, -0.05) is 18.7 Å². The smallest absolute Gasteiger partial charge is 0.430 e. The van der Waals surface area contributed by atoms with Crippen molar-refractivity contribution in [2.45, 2.75) is 18.0 Å². The summed E-state index contributed by atoms with van der Waals surface area (Å²) < 4.78 is 79.8. The van der Waals surface area contributed by atoms with Crippen LogP contribution in [0.15, 0.2) is 37.1 Å². The second-order valence-electron chi connectivity index (χ2n) is 3.51. The number of rotatable bonds is 3. The summed E-state index contributed by atoms with van der Waals surface area (Å²) >= 11 is 0. The Morgan fingerprint density at radius 1 is 0.947 bits per heavy atom. The summed E-state index contributed by atoms with van der Waals surface area (Å²) in [5.41, 5.74) is -6.27. The molecule has 0 aromatic heterocycles. The molecule has 0 heterocycles. The van der Waals surface area contributed by atoms with Gasteiger partial charge < -0.3 is 9.84 Å². The van der Waals surface area contributed by atoms with Gasteiger partial charge in [0.1, 0.15) is 5.75 Å². The van der Waals surface area contributed by atoms with Crippen molar-refractivity contribution in [2.24, 2.45) is 0 Å². The van der Waals surface area contributed by atoms with Gasteiger partial charge in [0.25, 0.3) is 5.60 Å². The molecule has 1 aromatic carbocycles. The zero-order valence-corrected chi connectivity index (χ0v) is 9.22. The fourth-order valence-electron chi connectivity index (χ4n) is 1.36. The van der Waals surface area contributed by atoms with E-state index >= 15 is 0 Å². The molecule has 0 spiro atoms. The van der Waals surface area contributed by atoms with Crippen LogP contribution in [-0.2, 0) is 5.60 Å². The van der Waals surface area contributed by atoms with Crippen molar-refractivity contribution < 1.29 is 36.2 Å². The third-order valence-corrected chi connectivity index (χ3v) is 2.31. The van der Waals surface area contributed by atoms with Gasteiger partial charge in [-0.3, -0.25) is 0 Å². The molecular weight excluding hydrogens is 278 g/mol. The monoisotopic (exact) mass is 286 g/mol. The minimum atomic E-state index is -5.90. The van der Waals surface area contributed by atoms with Gasteiger partial charge in [-0.05, 0) is 12.1 Å². The number of halogens is 6. The third-order valence-electron chi connectivity index (χ3n) is 2.31. The van der Waals surface area contributed by atoms with Gasteiger partial charge in [-0.2, -0.15) is 26.3 Å². The Morgan fingerprint density at radius 2 is 1.37 bits per heavy atom. The zero-order valence-electron chi connectivity index (χ0n) is 9.22. The van der Waals surface area contributed by atoms with Gasteiger partial charge in [0.15, 0.2) is 0 Å². The lowest BCUT2D eigenvalue weighted by molar-refractivity contribution is -0.376. The van der Waals surface area contributed by atoms with Crippen LogP contribution in [0.4, 0.5) is 26.3 Å². The molecule has 0 saturated heterocycles. The summed E-state index contributed by atoms with van der Waals surface area (Å²) in [6, 6.07) is 2.69. The molecule has 0 radical (unpaired) electrons. The normalized spacial score (nSPS) is 13.2. The first kappa shape index (κ1) is 15.4. The summed E-state index contributed by atoms with van der Waals surface area (Å²) in [6.45, 7) is 3.17. The van der Waals surface area contributed by atoms with Crippen molar-refractivity contribution in [3.8, 4) is 5.75 Å². The molecule has 8 heteroatoms. The van der Waals surface area contributed by atoms with E-state index in [-0.39, 0.29) is 5.75 Å². The Labute approximate surface area is 103 Å². The summed E-state index contributed by atoms with van der Waals surface area (Å²) in [7, 11) is 0. The highest BCUT2D eigenvalue weighted by Gasteiger charge is 2.71. The number of benzene rings is 1. The predicted molar refractivity (Wildman–Crippen MR) is 53.3 cm³/mol. The van der Waals surface area contributed by atoms with E-state index in [0.717, 1.165) is 18.4 Å². The summed E-state index contributed by atoms with van der Waals surface area (Å²) in [6.07, 6.45) is -10.8. The van der Waals surface area contributed by atoms with Gasteiger partial charge in [0, 0.05) is 5.56 Å². The molecular formula is C11H8F6O2. The van der Waals surface area contributed by atoms with Crippen LogP contribution in [0.25, 0.3) is 0 Å². The summed E-state index contributed by atoms with van der Waals surface area (Å²) in [4.78, 5) is 0. The molecule has 0 aliphatic rings. The first-order valence-corrected chi connectivity index (χ1v) is 4.78. The van der Waals surface area contributed by atoms with Crippen molar-refractivity contribution in [1.29, 1.82) is 0 Å². The van der Waals surface area contributed by atoms with E-state index in [1.807, 2.05) is 0 Å². The lowest BCUT2D eigenvalue weighted by atomic mass is 9.92. The maximum Gasteiger partial charge on any atom is 0.430 e. The largest absolute Gasteiger partial charge is 0.466 e. The Bertz CT molecular complexity index is 432. The summed E-state index contributed by atoms with van der Waals surface area (Å²) in [5.74, 6) is -0.00884. The van der Waals surface area contributed by atoms with Crippen LogP contribution in [-0.4, -0.2) is 17.5 Å². The second kappa shape index (κ2) is 4.76. The highest BCUT2D eigenvalue weighted by atomic mass is 19.4. The van der Waals surface area contributed by atoms with Gasteiger partial charge in [0.2, 0.25) is 0 Å². The predicted octanol–water partition coefficient (Wildman–Crippen LogP) is 3.52. The van der Waals surface area contributed by atoms with E-state index in [0.29, 0.717) is 12.1 Å². The Kier molecular flexibility index (Phi) is 3.85. The van der Waals surface area contributed by atoms with Crippen molar-refractivity contribution in [2.75, 3.05) is 0 Å². The molecule has 0 bridgehead atoms. The molecule has 2 nitrogen and oxygen atoms in total. The summed E-state index contributed by atoms with van der Waals surface area (Å²) in [5, 5.41) is 9.07. The molecule has 0 saturated carbocycles. The standard InChI is InChI=1S/C11H8F6O2/c1-2-19-8-5-3-7(4-6-8)9(18,10(12,13)14)11(15,16)17/h2-6,18H,1H2. The maximum atomic E-state index is 12.5. The molecule has 1 N–H and O–H groups in total. The number of hydrogen-bond acceptors (Lipinski definition) is 2. The van der Waals surface area contributed by atoms with Crippen molar-refractivity contribution in [3.05, 3.63) is 42.7 Å². The maximum absolute atomic E-state index is 12.5. The fourth-order valence-corrected chi connectivity index (χ4v) is 1.36.